The molecule has 100 valence electrons. The number of benzene rings is 1. The molecule has 0 fully saturated rings. The van der Waals surface area contributed by atoms with Crippen molar-refractivity contribution in [3.63, 3.8) is 0 Å². The molecule has 1 heterocycles. The molecule has 2 N–H and O–H groups in total. The van der Waals surface area contributed by atoms with E-state index < -0.39 is 0 Å². The predicted molar refractivity (Wildman–Crippen MR) is 83.1 cm³/mol. The van der Waals surface area contributed by atoms with Crippen LogP contribution < -0.4 is 10.6 Å². The van der Waals surface area contributed by atoms with Crippen LogP contribution in [0.1, 0.15) is 18.1 Å². The summed E-state index contributed by atoms with van der Waals surface area (Å²) in [6.45, 7) is 7.00. The molecule has 0 atom stereocenters. The lowest BCUT2D eigenvalue weighted by molar-refractivity contribution is 1.12. The van der Waals surface area contributed by atoms with Crippen molar-refractivity contribution in [2.24, 2.45) is 0 Å². The fraction of sp³-hybridized carbons (Fsp3) is 0.286. The SMILES string of the molecule is CCNc1cncc(Nc2cc(C)c(Br)c(C)c2)n1. The number of nitrogens with zero attached hydrogens (tertiary/aromatic N) is 2. The Hall–Kier alpha value is -1.62. The zero-order chi connectivity index (χ0) is 13.8. The molecule has 0 radical (unpaired) electrons. The van der Waals surface area contributed by atoms with E-state index in [2.05, 4.69) is 62.5 Å². The zero-order valence-corrected chi connectivity index (χ0v) is 12.9. The third-order valence-electron chi connectivity index (χ3n) is 2.70. The van der Waals surface area contributed by atoms with Crippen molar-refractivity contribution in [1.29, 1.82) is 0 Å². The monoisotopic (exact) mass is 320 g/mol. The van der Waals surface area contributed by atoms with Crippen LogP contribution in [0.2, 0.25) is 0 Å². The molecule has 0 aliphatic rings. The van der Waals surface area contributed by atoms with E-state index >= 15 is 0 Å². The quantitative estimate of drug-likeness (QED) is 0.892. The van der Waals surface area contributed by atoms with Crippen molar-refractivity contribution >= 4 is 33.3 Å². The van der Waals surface area contributed by atoms with Gasteiger partial charge in [0.15, 0.2) is 5.82 Å². The van der Waals surface area contributed by atoms with E-state index in [1.165, 1.54) is 11.1 Å². The molecular formula is C14H17BrN4. The maximum Gasteiger partial charge on any atom is 0.151 e. The second kappa shape index (κ2) is 6.02. The van der Waals surface area contributed by atoms with Gasteiger partial charge in [-0.2, -0.15) is 0 Å². The Kier molecular flexibility index (Phi) is 4.37. The lowest BCUT2D eigenvalue weighted by Crippen LogP contribution is -2.02. The highest BCUT2D eigenvalue weighted by Crippen LogP contribution is 2.26. The van der Waals surface area contributed by atoms with E-state index in [4.69, 9.17) is 0 Å². The number of aryl methyl sites for hydroxylation is 2. The van der Waals surface area contributed by atoms with Crippen LogP contribution in [0, 0.1) is 13.8 Å². The Labute approximate surface area is 121 Å². The summed E-state index contributed by atoms with van der Waals surface area (Å²) in [5.41, 5.74) is 3.40. The molecular weight excluding hydrogens is 304 g/mol. The minimum atomic E-state index is 0.736. The van der Waals surface area contributed by atoms with Crippen molar-refractivity contribution in [3.8, 4) is 0 Å². The molecule has 0 spiro atoms. The maximum absolute atomic E-state index is 4.44. The van der Waals surface area contributed by atoms with Crippen LogP contribution in [-0.4, -0.2) is 16.5 Å². The predicted octanol–water partition coefficient (Wildman–Crippen LogP) is 4.03. The van der Waals surface area contributed by atoms with Crippen LogP contribution in [0.25, 0.3) is 0 Å². The maximum atomic E-state index is 4.44. The Morgan fingerprint density at radius 3 is 2.37 bits per heavy atom. The summed E-state index contributed by atoms with van der Waals surface area (Å²) in [4.78, 5) is 8.61. The lowest BCUT2D eigenvalue weighted by atomic mass is 10.1. The Bertz CT molecular complexity index is 560. The van der Waals surface area contributed by atoms with Gasteiger partial charge in [0.05, 0.1) is 12.4 Å². The van der Waals surface area contributed by atoms with Gasteiger partial charge in [-0.25, -0.2) is 4.98 Å². The average molecular weight is 321 g/mol. The number of halogens is 1. The molecule has 4 nitrogen and oxygen atoms in total. The Balaban J connectivity index is 2.23. The van der Waals surface area contributed by atoms with E-state index in [-0.39, 0.29) is 0 Å². The van der Waals surface area contributed by atoms with Gasteiger partial charge in [-0.3, -0.25) is 4.98 Å². The molecule has 1 aromatic heterocycles. The number of anilines is 3. The van der Waals surface area contributed by atoms with Gasteiger partial charge in [-0.05, 0) is 44.0 Å². The van der Waals surface area contributed by atoms with E-state index in [9.17, 15) is 0 Å². The molecule has 2 rings (SSSR count). The van der Waals surface area contributed by atoms with Crippen LogP contribution in [0.4, 0.5) is 17.3 Å². The number of aromatic nitrogens is 2. The van der Waals surface area contributed by atoms with Crippen LogP contribution >= 0.6 is 15.9 Å². The van der Waals surface area contributed by atoms with E-state index in [1.807, 2.05) is 6.92 Å². The smallest absolute Gasteiger partial charge is 0.151 e. The molecule has 0 aliphatic heterocycles. The van der Waals surface area contributed by atoms with Gasteiger partial charge in [0.2, 0.25) is 0 Å². The molecule has 0 bridgehead atoms. The molecule has 0 aliphatic carbocycles. The highest BCUT2D eigenvalue weighted by molar-refractivity contribution is 9.10. The van der Waals surface area contributed by atoms with Crippen LogP contribution in [0.15, 0.2) is 29.0 Å². The van der Waals surface area contributed by atoms with Crippen molar-refractivity contribution in [1.82, 2.24) is 9.97 Å². The minimum absolute atomic E-state index is 0.736. The van der Waals surface area contributed by atoms with Crippen molar-refractivity contribution < 1.29 is 0 Å². The molecule has 19 heavy (non-hydrogen) atoms. The third-order valence-corrected chi connectivity index (χ3v) is 3.95. The lowest BCUT2D eigenvalue weighted by Gasteiger charge is -2.10. The van der Waals surface area contributed by atoms with Crippen molar-refractivity contribution in [2.75, 3.05) is 17.2 Å². The Morgan fingerprint density at radius 2 is 1.74 bits per heavy atom. The van der Waals surface area contributed by atoms with Gasteiger partial charge in [-0.15, -0.1) is 0 Å². The first-order chi connectivity index (χ1) is 9.10. The number of hydrogen-bond acceptors (Lipinski definition) is 4. The average Bonchev–Trinajstić information content (AvgIpc) is 2.37. The first-order valence-electron chi connectivity index (χ1n) is 6.20. The van der Waals surface area contributed by atoms with Gasteiger partial charge in [0, 0.05) is 16.7 Å². The first-order valence-corrected chi connectivity index (χ1v) is 6.99. The van der Waals surface area contributed by atoms with Gasteiger partial charge >= 0.3 is 0 Å². The number of rotatable bonds is 4. The normalized spacial score (nSPS) is 10.3. The summed E-state index contributed by atoms with van der Waals surface area (Å²) < 4.78 is 1.14. The highest BCUT2D eigenvalue weighted by atomic mass is 79.9. The summed E-state index contributed by atoms with van der Waals surface area (Å²) in [7, 11) is 0. The van der Waals surface area contributed by atoms with Gasteiger partial charge < -0.3 is 10.6 Å². The molecule has 1 aromatic carbocycles. The molecule has 0 unspecified atom stereocenters. The first kappa shape index (κ1) is 13.8. The second-order valence-corrected chi connectivity index (χ2v) is 5.16. The highest BCUT2D eigenvalue weighted by Gasteiger charge is 2.04. The molecule has 5 heteroatoms. The zero-order valence-electron chi connectivity index (χ0n) is 11.3. The third kappa shape index (κ3) is 3.44. The molecule has 0 amide bonds. The van der Waals surface area contributed by atoms with E-state index in [1.54, 1.807) is 12.4 Å². The Morgan fingerprint density at radius 1 is 1.11 bits per heavy atom. The number of hydrogen-bond donors (Lipinski definition) is 2. The topological polar surface area (TPSA) is 49.8 Å². The van der Waals surface area contributed by atoms with Crippen LogP contribution in [0.5, 0.6) is 0 Å². The van der Waals surface area contributed by atoms with Crippen molar-refractivity contribution in [2.45, 2.75) is 20.8 Å². The summed E-state index contributed by atoms with van der Waals surface area (Å²) in [5, 5.41) is 6.42. The van der Waals surface area contributed by atoms with E-state index in [0.29, 0.717) is 0 Å². The minimum Gasteiger partial charge on any atom is -0.369 e. The molecule has 0 saturated carbocycles. The fourth-order valence-electron chi connectivity index (χ4n) is 1.86. The number of nitrogens with one attached hydrogen (secondary N) is 2. The van der Waals surface area contributed by atoms with Gasteiger partial charge in [-0.1, -0.05) is 15.9 Å². The summed E-state index contributed by atoms with van der Waals surface area (Å²) in [5.74, 6) is 1.51. The molecule has 2 aromatic rings. The fourth-order valence-corrected chi connectivity index (χ4v) is 2.09. The summed E-state index contributed by atoms with van der Waals surface area (Å²) in [6, 6.07) is 4.16. The van der Waals surface area contributed by atoms with Gasteiger partial charge in [0.25, 0.3) is 0 Å². The largest absolute Gasteiger partial charge is 0.369 e. The van der Waals surface area contributed by atoms with E-state index in [0.717, 1.165) is 28.3 Å². The van der Waals surface area contributed by atoms with Crippen LogP contribution in [0.3, 0.4) is 0 Å². The summed E-state index contributed by atoms with van der Waals surface area (Å²) >= 11 is 3.57. The summed E-state index contributed by atoms with van der Waals surface area (Å²) in [6.07, 6.45) is 3.43. The van der Waals surface area contributed by atoms with Crippen LogP contribution in [-0.2, 0) is 0 Å². The van der Waals surface area contributed by atoms with Crippen molar-refractivity contribution in [3.05, 3.63) is 40.1 Å². The molecule has 0 saturated heterocycles. The van der Waals surface area contributed by atoms with Gasteiger partial charge in [0.1, 0.15) is 5.82 Å². The standard InChI is InChI=1S/C14H17BrN4/c1-4-17-12-7-16-8-13(19-12)18-11-5-9(2)14(15)10(3)6-11/h5-8H,4H2,1-3H3,(H2,17,18,19). The second-order valence-electron chi connectivity index (χ2n) is 4.37.